The Labute approximate surface area is 229 Å². The molecule has 38 heavy (non-hydrogen) atoms. The summed E-state index contributed by atoms with van der Waals surface area (Å²) in [5.74, 6) is 0. The van der Waals surface area contributed by atoms with Crippen molar-refractivity contribution >= 4 is 23.4 Å². The number of amides is 4. The minimum atomic E-state index is -0.206. The highest BCUT2D eigenvalue weighted by atomic mass is 16.2. The fourth-order valence-electron chi connectivity index (χ4n) is 4.76. The second kappa shape index (κ2) is 13.1. The van der Waals surface area contributed by atoms with E-state index in [-0.39, 0.29) is 22.9 Å². The molecule has 0 unspecified atom stereocenters. The van der Waals surface area contributed by atoms with Gasteiger partial charge >= 0.3 is 12.1 Å². The van der Waals surface area contributed by atoms with Gasteiger partial charge in [-0.1, -0.05) is 39.8 Å². The highest BCUT2D eigenvalue weighted by molar-refractivity contribution is 5.91. The third-order valence-electron chi connectivity index (χ3n) is 6.23. The average molecular weight is 525 g/mol. The summed E-state index contributed by atoms with van der Waals surface area (Å²) in [5, 5.41) is 11.9. The number of benzene rings is 2. The summed E-state index contributed by atoms with van der Waals surface area (Å²) in [7, 11) is 8.13. The fraction of sp³-hybridized carbons (Fsp3) is 0.533. The number of carbonyl (C=O) groups excluding carboxylic acids is 2. The van der Waals surface area contributed by atoms with Gasteiger partial charge in [0.25, 0.3) is 0 Å². The lowest BCUT2D eigenvalue weighted by Crippen LogP contribution is -2.41. The first-order valence-corrected chi connectivity index (χ1v) is 13.2. The average Bonchev–Trinajstić information content (AvgIpc) is 2.77. The number of anilines is 2. The molecule has 4 N–H and O–H groups in total. The first-order chi connectivity index (χ1) is 17.6. The fourth-order valence-corrected chi connectivity index (χ4v) is 4.76. The minimum absolute atomic E-state index is 0.0258. The zero-order valence-electron chi connectivity index (χ0n) is 25.0. The van der Waals surface area contributed by atoms with Crippen LogP contribution < -0.4 is 21.3 Å². The van der Waals surface area contributed by atoms with Crippen molar-refractivity contribution in [3.05, 3.63) is 47.5 Å². The Bertz CT molecular complexity index is 1020. The second-order valence-electron chi connectivity index (χ2n) is 12.5. The van der Waals surface area contributed by atoms with Crippen LogP contribution in [0, 0.1) is 24.7 Å². The summed E-state index contributed by atoms with van der Waals surface area (Å²) in [4.78, 5) is 29.2. The molecule has 8 nitrogen and oxygen atoms in total. The Morgan fingerprint density at radius 2 is 1.00 bits per heavy atom. The number of nitrogens with one attached hydrogen (secondary N) is 4. The molecule has 4 amide bonds. The quantitative estimate of drug-likeness (QED) is 0.317. The van der Waals surface area contributed by atoms with Crippen molar-refractivity contribution in [2.75, 3.05) is 65.0 Å². The van der Waals surface area contributed by atoms with E-state index in [9.17, 15) is 9.59 Å². The molecule has 0 radical (unpaired) electrons. The van der Waals surface area contributed by atoms with Gasteiger partial charge < -0.3 is 31.1 Å². The molecule has 0 saturated heterocycles. The second-order valence-corrected chi connectivity index (χ2v) is 12.5. The van der Waals surface area contributed by atoms with Gasteiger partial charge in [-0.15, -0.1) is 0 Å². The largest absolute Gasteiger partial charge is 0.337 e. The molecule has 0 aliphatic carbocycles. The SMILES string of the molecule is Cc1cc(-c2ccc(NC(=O)NCC(C)(C)CN(C)C)c(C)c2)ccc1NC(=O)NCC(C)(C)CN(C)C. The number of aryl methyl sites for hydroxylation is 2. The molecule has 2 aromatic rings. The lowest BCUT2D eigenvalue weighted by molar-refractivity contribution is 0.222. The van der Waals surface area contributed by atoms with Crippen LogP contribution in [0.4, 0.5) is 21.0 Å². The van der Waals surface area contributed by atoms with Crippen LogP contribution >= 0.6 is 0 Å². The molecule has 0 atom stereocenters. The van der Waals surface area contributed by atoms with Crippen LogP contribution in [0.25, 0.3) is 11.1 Å². The molecular weight excluding hydrogens is 476 g/mol. The normalized spacial score (nSPS) is 12.0. The zero-order valence-corrected chi connectivity index (χ0v) is 25.0. The molecule has 0 bridgehead atoms. The molecule has 8 heteroatoms. The Balaban J connectivity index is 1.99. The summed E-state index contributed by atoms with van der Waals surface area (Å²) in [6.07, 6.45) is 0. The smallest absolute Gasteiger partial charge is 0.319 e. The summed E-state index contributed by atoms with van der Waals surface area (Å²) in [6.45, 7) is 15.4. The van der Waals surface area contributed by atoms with E-state index < -0.39 is 0 Å². The predicted molar refractivity (Wildman–Crippen MR) is 160 cm³/mol. The van der Waals surface area contributed by atoms with Crippen molar-refractivity contribution in [3.63, 3.8) is 0 Å². The minimum Gasteiger partial charge on any atom is -0.337 e. The maximum absolute atomic E-state index is 12.5. The Morgan fingerprint density at radius 1 is 0.658 bits per heavy atom. The van der Waals surface area contributed by atoms with Gasteiger partial charge in [0.15, 0.2) is 0 Å². The van der Waals surface area contributed by atoms with Crippen molar-refractivity contribution < 1.29 is 9.59 Å². The standard InChI is InChI=1S/C30H48N6O2/c1-21-15-23(11-13-25(21)33-27(37)31-17-29(3,4)19-35(7)8)24-12-14-26(22(2)16-24)34-28(38)32-18-30(5,6)20-36(9)10/h11-16H,17-20H2,1-10H3,(H2,31,33,37)(H2,32,34,38). The molecule has 0 aliphatic rings. The van der Waals surface area contributed by atoms with Crippen LogP contribution in [0.1, 0.15) is 38.8 Å². The van der Waals surface area contributed by atoms with E-state index in [1.165, 1.54) is 0 Å². The highest BCUT2D eigenvalue weighted by Crippen LogP contribution is 2.28. The van der Waals surface area contributed by atoms with Gasteiger partial charge in [0.05, 0.1) is 0 Å². The Kier molecular flexibility index (Phi) is 10.7. The molecule has 0 aromatic heterocycles. The molecule has 2 rings (SSSR count). The molecule has 2 aromatic carbocycles. The van der Waals surface area contributed by atoms with E-state index in [0.717, 1.165) is 46.7 Å². The topological polar surface area (TPSA) is 88.7 Å². The van der Waals surface area contributed by atoms with Gasteiger partial charge in [-0.25, -0.2) is 9.59 Å². The summed E-state index contributed by atoms with van der Waals surface area (Å²) < 4.78 is 0. The first-order valence-electron chi connectivity index (χ1n) is 13.2. The van der Waals surface area contributed by atoms with Gasteiger partial charge in [-0.2, -0.15) is 0 Å². The number of rotatable bonds is 11. The monoisotopic (exact) mass is 524 g/mol. The van der Waals surface area contributed by atoms with Crippen LogP contribution in [0.2, 0.25) is 0 Å². The van der Waals surface area contributed by atoms with Gasteiger partial charge in [-0.05, 0) is 99.4 Å². The number of hydrogen-bond donors (Lipinski definition) is 4. The van der Waals surface area contributed by atoms with E-state index in [0.29, 0.717) is 13.1 Å². The third-order valence-corrected chi connectivity index (χ3v) is 6.23. The third kappa shape index (κ3) is 10.3. The number of urea groups is 2. The maximum Gasteiger partial charge on any atom is 0.319 e. The molecule has 0 spiro atoms. The lowest BCUT2D eigenvalue weighted by atomic mass is 9.93. The first kappa shape index (κ1) is 31.1. The molecule has 210 valence electrons. The van der Waals surface area contributed by atoms with Gasteiger partial charge in [0.2, 0.25) is 0 Å². The lowest BCUT2D eigenvalue weighted by Gasteiger charge is -2.28. The molecule has 0 aliphatic heterocycles. The van der Waals surface area contributed by atoms with Crippen molar-refractivity contribution in [3.8, 4) is 11.1 Å². The Hall–Kier alpha value is -3.10. The van der Waals surface area contributed by atoms with Gasteiger partial charge in [0.1, 0.15) is 0 Å². The van der Waals surface area contributed by atoms with E-state index in [1.54, 1.807) is 0 Å². The summed E-state index contributed by atoms with van der Waals surface area (Å²) >= 11 is 0. The van der Waals surface area contributed by atoms with E-state index in [4.69, 9.17) is 0 Å². The molecule has 0 fully saturated rings. The van der Waals surface area contributed by atoms with Crippen LogP contribution in [0.3, 0.4) is 0 Å². The van der Waals surface area contributed by atoms with Crippen LogP contribution in [0.5, 0.6) is 0 Å². The van der Waals surface area contributed by atoms with Crippen LogP contribution in [0.15, 0.2) is 36.4 Å². The predicted octanol–water partition coefficient (Wildman–Crippen LogP) is 5.39. The zero-order chi connectivity index (χ0) is 28.7. The van der Waals surface area contributed by atoms with Gasteiger partial charge in [-0.3, -0.25) is 0 Å². The van der Waals surface area contributed by atoms with E-state index in [1.807, 2.05) is 66.3 Å². The van der Waals surface area contributed by atoms with Crippen LogP contribution in [-0.2, 0) is 0 Å². The van der Waals surface area contributed by atoms with Crippen molar-refractivity contribution in [1.82, 2.24) is 20.4 Å². The van der Waals surface area contributed by atoms with Gasteiger partial charge in [0, 0.05) is 37.6 Å². The summed E-state index contributed by atoms with van der Waals surface area (Å²) in [6, 6.07) is 11.6. The Morgan fingerprint density at radius 3 is 1.29 bits per heavy atom. The number of hydrogen-bond acceptors (Lipinski definition) is 4. The number of nitrogens with zero attached hydrogens (tertiary/aromatic N) is 2. The number of carbonyl (C=O) groups is 2. The summed E-state index contributed by atoms with van der Waals surface area (Å²) in [5.41, 5.74) is 5.55. The molecular formula is C30H48N6O2. The van der Waals surface area contributed by atoms with E-state index >= 15 is 0 Å². The molecule has 0 heterocycles. The van der Waals surface area contributed by atoms with Crippen molar-refractivity contribution in [2.24, 2.45) is 10.8 Å². The molecule has 0 saturated carbocycles. The maximum atomic E-state index is 12.5. The van der Waals surface area contributed by atoms with Crippen LogP contribution in [-0.4, -0.2) is 76.2 Å². The van der Waals surface area contributed by atoms with E-state index in [2.05, 4.69) is 70.9 Å². The van der Waals surface area contributed by atoms with Crippen molar-refractivity contribution in [1.29, 1.82) is 0 Å². The highest BCUT2D eigenvalue weighted by Gasteiger charge is 2.21. The van der Waals surface area contributed by atoms with Crippen molar-refractivity contribution in [2.45, 2.75) is 41.5 Å².